The van der Waals surface area contributed by atoms with E-state index in [4.69, 9.17) is 19.8 Å². The highest BCUT2D eigenvalue weighted by atomic mass is 19.4. The van der Waals surface area contributed by atoms with Crippen LogP contribution in [0.25, 0.3) is 11.0 Å². The quantitative estimate of drug-likeness (QED) is 0.458. The molecule has 1 saturated heterocycles. The number of fused-ring (bicyclic) bond motifs is 1. The molecule has 0 aliphatic carbocycles. The molecule has 4 heterocycles. The minimum atomic E-state index is -4.38. The Labute approximate surface area is 201 Å². The van der Waals surface area contributed by atoms with Gasteiger partial charge < -0.3 is 20.3 Å². The summed E-state index contributed by atoms with van der Waals surface area (Å²) in [6.07, 6.45) is -1.36. The molecule has 0 radical (unpaired) electrons. The largest absolute Gasteiger partial charge is 0.411 e. The lowest BCUT2D eigenvalue weighted by Gasteiger charge is -2.36. The van der Waals surface area contributed by atoms with Crippen LogP contribution in [0.5, 0.6) is 0 Å². The molecule has 13 heteroatoms. The highest BCUT2D eigenvalue weighted by Gasteiger charge is 2.28. The van der Waals surface area contributed by atoms with Crippen LogP contribution in [-0.2, 0) is 11.3 Å². The van der Waals surface area contributed by atoms with Crippen molar-refractivity contribution in [2.75, 3.05) is 36.5 Å². The minimum Gasteiger partial charge on any atom is -0.370 e. The molecule has 1 aliphatic rings. The second-order valence-corrected chi connectivity index (χ2v) is 9.09. The Morgan fingerprint density at radius 1 is 1.20 bits per heavy atom. The smallest absolute Gasteiger partial charge is 0.370 e. The van der Waals surface area contributed by atoms with Gasteiger partial charge >= 0.3 is 6.18 Å². The molecule has 2 N–H and O–H groups in total. The van der Waals surface area contributed by atoms with Crippen LogP contribution < -0.4 is 15.5 Å². The van der Waals surface area contributed by atoms with Crippen molar-refractivity contribution in [3.8, 4) is 0 Å². The summed E-state index contributed by atoms with van der Waals surface area (Å²) in [5.74, 6) is 1.59. The van der Waals surface area contributed by atoms with Gasteiger partial charge in [-0.1, -0.05) is 13.8 Å². The van der Waals surface area contributed by atoms with Crippen LogP contribution in [0.15, 0.2) is 18.6 Å². The Morgan fingerprint density at radius 3 is 2.57 bits per heavy atom. The fourth-order valence-corrected chi connectivity index (χ4v) is 4.19. The number of halogens is 3. The maximum Gasteiger partial charge on any atom is 0.411 e. The zero-order chi connectivity index (χ0) is 25.2. The molecule has 3 aromatic rings. The molecule has 0 spiro atoms. The van der Waals surface area contributed by atoms with Gasteiger partial charge in [0, 0.05) is 31.4 Å². The highest BCUT2D eigenvalue weighted by Crippen LogP contribution is 2.31. The van der Waals surface area contributed by atoms with Gasteiger partial charge in [0.25, 0.3) is 0 Å². The van der Waals surface area contributed by atoms with Crippen molar-refractivity contribution in [3.63, 3.8) is 0 Å². The molecule has 0 bridgehead atoms. The topological polar surface area (TPSA) is 106 Å². The van der Waals surface area contributed by atoms with Crippen LogP contribution in [0, 0.1) is 0 Å². The molecule has 0 aromatic carbocycles. The van der Waals surface area contributed by atoms with Crippen LogP contribution >= 0.6 is 0 Å². The summed E-state index contributed by atoms with van der Waals surface area (Å²) in [5.41, 5.74) is 1.97. The van der Waals surface area contributed by atoms with Crippen molar-refractivity contribution >= 4 is 28.6 Å². The number of nitrogens with one attached hydrogen (secondary N) is 2. The zero-order valence-corrected chi connectivity index (χ0v) is 20.2. The fraction of sp³-hybridized carbons (Fsp3) is 0.591. The first-order valence-electron chi connectivity index (χ1n) is 11.6. The summed E-state index contributed by atoms with van der Waals surface area (Å²) in [6.45, 7) is 8.34. The van der Waals surface area contributed by atoms with E-state index in [0.717, 1.165) is 18.8 Å². The van der Waals surface area contributed by atoms with Gasteiger partial charge in [-0.05, 0) is 25.8 Å². The van der Waals surface area contributed by atoms with Gasteiger partial charge in [-0.15, -0.1) is 0 Å². The molecular formula is C22H30F3N9O. The van der Waals surface area contributed by atoms with E-state index in [1.54, 1.807) is 16.9 Å². The summed E-state index contributed by atoms with van der Waals surface area (Å²) >= 11 is 0. The van der Waals surface area contributed by atoms with Crippen molar-refractivity contribution in [2.45, 2.75) is 58.4 Å². The average Bonchev–Trinajstić information content (AvgIpc) is 3.15. The average molecular weight is 494 g/mol. The van der Waals surface area contributed by atoms with Gasteiger partial charge in [0.2, 0.25) is 5.95 Å². The number of piperazine rings is 1. The number of alkyl halides is 3. The van der Waals surface area contributed by atoms with E-state index in [1.165, 1.54) is 6.33 Å². The Hall–Kier alpha value is -3.06. The van der Waals surface area contributed by atoms with Gasteiger partial charge in [0.15, 0.2) is 5.82 Å². The van der Waals surface area contributed by atoms with Gasteiger partial charge in [0.05, 0.1) is 18.8 Å². The predicted molar refractivity (Wildman–Crippen MR) is 126 cm³/mol. The van der Waals surface area contributed by atoms with Crippen LogP contribution in [0.4, 0.5) is 30.8 Å². The molecule has 1 fully saturated rings. The van der Waals surface area contributed by atoms with E-state index < -0.39 is 12.8 Å². The van der Waals surface area contributed by atoms with Crippen LogP contribution in [0.1, 0.15) is 39.3 Å². The number of hydrogen-bond donors (Lipinski definition) is 2. The van der Waals surface area contributed by atoms with Crippen molar-refractivity contribution < 1.29 is 17.9 Å². The predicted octanol–water partition coefficient (Wildman–Crippen LogP) is 3.25. The number of nitrogens with zero attached hydrogens (tertiary/aromatic N) is 7. The first-order chi connectivity index (χ1) is 16.6. The van der Waals surface area contributed by atoms with E-state index in [2.05, 4.69) is 39.3 Å². The van der Waals surface area contributed by atoms with Gasteiger partial charge in [-0.2, -0.15) is 23.3 Å². The summed E-state index contributed by atoms with van der Waals surface area (Å²) in [7, 11) is 0. The molecule has 0 saturated carbocycles. The molecule has 0 amide bonds. The summed E-state index contributed by atoms with van der Waals surface area (Å²) in [5, 5.41) is 11.4. The second kappa shape index (κ2) is 10.3. The minimum absolute atomic E-state index is 0.0327. The molecular weight excluding hydrogens is 463 g/mol. The molecule has 4 rings (SSSR count). The monoisotopic (exact) mass is 493 g/mol. The number of aromatic nitrogens is 6. The first-order valence-corrected chi connectivity index (χ1v) is 11.6. The molecule has 2 atom stereocenters. The van der Waals surface area contributed by atoms with Crippen molar-refractivity contribution in [1.82, 2.24) is 35.0 Å². The number of rotatable bonds is 8. The Kier molecular flexibility index (Phi) is 7.36. The van der Waals surface area contributed by atoms with Gasteiger partial charge in [-0.25, -0.2) is 15.0 Å². The molecule has 0 unspecified atom stereocenters. The Bertz CT molecular complexity index is 1130. The fourth-order valence-electron chi connectivity index (χ4n) is 4.19. The molecule has 35 heavy (non-hydrogen) atoms. The van der Waals surface area contributed by atoms with Gasteiger partial charge in [-0.3, -0.25) is 4.68 Å². The van der Waals surface area contributed by atoms with Crippen LogP contribution in [0.3, 0.4) is 0 Å². The molecule has 1 aliphatic heterocycles. The number of hydrogen-bond acceptors (Lipinski definition) is 9. The maximum absolute atomic E-state index is 12.5. The van der Waals surface area contributed by atoms with Crippen molar-refractivity contribution in [2.24, 2.45) is 0 Å². The van der Waals surface area contributed by atoms with Crippen LogP contribution in [-0.4, -0.2) is 74.3 Å². The highest BCUT2D eigenvalue weighted by molar-refractivity contribution is 5.90. The van der Waals surface area contributed by atoms with Gasteiger partial charge in [0.1, 0.15) is 29.8 Å². The zero-order valence-electron chi connectivity index (χ0n) is 20.2. The van der Waals surface area contributed by atoms with Crippen molar-refractivity contribution in [1.29, 1.82) is 0 Å². The van der Waals surface area contributed by atoms with Crippen LogP contribution in [0.2, 0.25) is 0 Å². The lowest BCUT2D eigenvalue weighted by atomic mass is 10.1. The number of ether oxygens (including phenoxy) is 1. The third-order valence-corrected chi connectivity index (χ3v) is 5.53. The van der Waals surface area contributed by atoms with E-state index >= 15 is 0 Å². The molecule has 10 nitrogen and oxygen atoms in total. The third-order valence-electron chi connectivity index (χ3n) is 5.53. The third kappa shape index (κ3) is 6.14. The lowest BCUT2D eigenvalue weighted by molar-refractivity contribution is -0.174. The first kappa shape index (κ1) is 25.0. The maximum atomic E-state index is 12.5. The number of anilines is 3. The lowest BCUT2D eigenvalue weighted by Crippen LogP contribution is -2.54. The van der Waals surface area contributed by atoms with E-state index in [1.807, 2.05) is 13.8 Å². The SMILES string of the molecule is CC(C)c1nn(CCOCC(F)(F)F)c2c(Nc3ccncn3)nc(N3C[C@@H](C)N[C@H](C)C3)nc12. The second-order valence-electron chi connectivity index (χ2n) is 9.09. The Morgan fingerprint density at radius 2 is 1.94 bits per heavy atom. The molecule has 190 valence electrons. The summed E-state index contributed by atoms with van der Waals surface area (Å²) in [4.78, 5) is 20.0. The summed E-state index contributed by atoms with van der Waals surface area (Å²) in [6, 6.07) is 2.22. The van der Waals surface area contributed by atoms with E-state index in [9.17, 15) is 13.2 Å². The van der Waals surface area contributed by atoms with Crippen molar-refractivity contribution in [3.05, 3.63) is 24.3 Å². The standard InChI is InChI=1S/C22H30F3N9O/c1-13(2)17-18-19(34(32-17)7-8-35-11-22(23,24)25)20(29-16-5-6-26-12-27-16)31-21(30-18)33-9-14(3)28-15(4)10-33/h5-6,12-15,28H,7-11H2,1-4H3,(H,26,27,29,30,31)/t14-,15-/m1/s1. The Balaban J connectivity index is 1.77. The summed E-state index contributed by atoms with van der Waals surface area (Å²) < 4.78 is 44.0. The normalized spacial score (nSPS) is 19.0. The van der Waals surface area contributed by atoms with E-state index in [-0.39, 0.29) is 31.2 Å². The van der Waals surface area contributed by atoms with E-state index in [0.29, 0.717) is 28.6 Å². The molecule has 3 aromatic heterocycles.